The highest BCUT2D eigenvalue weighted by Crippen LogP contribution is 2.31. The average molecular weight is 383 g/mol. The van der Waals surface area contributed by atoms with Crippen LogP contribution in [0.1, 0.15) is 43.7 Å². The molecule has 0 saturated heterocycles. The number of amides is 1. The molecule has 150 valence electrons. The Balaban J connectivity index is 1.43. The van der Waals surface area contributed by atoms with Gasteiger partial charge in [0.1, 0.15) is 18.2 Å². The zero-order chi connectivity index (χ0) is 19.8. The van der Waals surface area contributed by atoms with E-state index in [2.05, 4.69) is 34.0 Å². The predicted octanol–water partition coefficient (Wildman–Crippen LogP) is 4.02. The van der Waals surface area contributed by atoms with Gasteiger partial charge in [-0.25, -0.2) is 4.68 Å². The highest BCUT2D eigenvalue weighted by Gasteiger charge is 2.20. The van der Waals surface area contributed by atoms with Crippen LogP contribution < -0.4 is 10.1 Å². The molecular formula is C22H30N4O2. The SMILES string of the molecule is C=CCOc1ccc(CN(C)CCC(=O)Nc2ccnn2C2CCCC2)cc1. The number of anilines is 1. The zero-order valence-corrected chi connectivity index (χ0v) is 16.6. The maximum absolute atomic E-state index is 12.4. The van der Waals surface area contributed by atoms with Crippen molar-refractivity contribution in [3.05, 3.63) is 54.7 Å². The summed E-state index contributed by atoms with van der Waals surface area (Å²) in [6, 6.07) is 10.3. The number of hydrogen-bond donors (Lipinski definition) is 1. The molecule has 0 spiro atoms. The van der Waals surface area contributed by atoms with E-state index in [1.165, 1.54) is 18.4 Å². The third kappa shape index (κ3) is 5.70. The molecule has 1 aromatic heterocycles. The molecule has 1 aromatic carbocycles. The molecule has 6 nitrogen and oxygen atoms in total. The molecule has 1 N–H and O–H groups in total. The first kappa shape index (κ1) is 20.1. The van der Waals surface area contributed by atoms with Crippen molar-refractivity contribution in [3.63, 3.8) is 0 Å². The Morgan fingerprint density at radius 3 is 2.79 bits per heavy atom. The Morgan fingerprint density at radius 2 is 2.07 bits per heavy atom. The van der Waals surface area contributed by atoms with Crippen molar-refractivity contribution in [2.45, 2.75) is 44.7 Å². The summed E-state index contributed by atoms with van der Waals surface area (Å²) in [4.78, 5) is 14.5. The fraction of sp³-hybridized carbons (Fsp3) is 0.455. The van der Waals surface area contributed by atoms with E-state index < -0.39 is 0 Å². The van der Waals surface area contributed by atoms with Gasteiger partial charge in [0.05, 0.1) is 12.2 Å². The van der Waals surface area contributed by atoms with Gasteiger partial charge in [0, 0.05) is 25.6 Å². The van der Waals surface area contributed by atoms with E-state index in [4.69, 9.17) is 4.74 Å². The summed E-state index contributed by atoms with van der Waals surface area (Å²) >= 11 is 0. The van der Waals surface area contributed by atoms with Crippen molar-refractivity contribution in [1.82, 2.24) is 14.7 Å². The monoisotopic (exact) mass is 382 g/mol. The molecule has 1 aliphatic carbocycles. The molecule has 1 saturated carbocycles. The van der Waals surface area contributed by atoms with Crippen LogP contribution in [0, 0.1) is 0 Å². The van der Waals surface area contributed by atoms with E-state index in [1.807, 2.05) is 29.9 Å². The number of aromatic nitrogens is 2. The molecule has 0 radical (unpaired) electrons. The largest absolute Gasteiger partial charge is 0.490 e. The topological polar surface area (TPSA) is 59.4 Å². The van der Waals surface area contributed by atoms with Gasteiger partial charge in [-0.3, -0.25) is 4.79 Å². The normalized spacial score (nSPS) is 14.4. The maximum Gasteiger partial charge on any atom is 0.226 e. The summed E-state index contributed by atoms with van der Waals surface area (Å²) in [5, 5.41) is 7.43. The third-order valence-electron chi connectivity index (χ3n) is 5.07. The number of carbonyl (C=O) groups excluding carboxylic acids is 1. The first-order valence-electron chi connectivity index (χ1n) is 10.0. The number of benzene rings is 1. The van der Waals surface area contributed by atoms with Gasteiger partial charge in [0.15, 0.2) is 0 Å². The quantitative estimate of drug-likeness (QED) is 0.631. The summed E-state index contributed by atoms with van der Waals surface area (Å²) in [7, 11) is 2.03. The third-order valence-corrected chi connectivity index (χ3v) is 5.07. The van der Waals surface area contributed by atoms with Crippen LogP contribution in [0.15, 0.2) is 49.2 Å². The van der Waals surface area contributed by atoms with Crippen molar-refractivity contribution < 1.29 is 9.53 Å². The second-order valence-electron chi connectivity index (χ2n) is 7.38. The van der Waals surface area contributed by atoms with Crippen LogP contribution in [0.25, 0.3) is 0 Å². The van der Waals surface area contributed by atoms with Crippen molar-refractivity contribution in [1.29, 1.82) is 0 Å². The molecule has 6 heteroatoms. The summed E-state index contributed by atoms with van der Waals surface area (Å²) in [5.41, 5.74) is 1.19. The van der Waals surface area contributed by atoms with E-state index >= 15 is 0 Å². The predicted molar refractivity (Wildman–Crippen MR) is 111 cm³/mol. The average Bonchev–Trinajstić information content (AvgIpc) is 3.37. The van der Waals surface area contributed by atoms with Crippen LogP contribution >= 0.6 is 0 Å². The summed E-state index contributed by atoms with van der Waals surface area (Å²) < 4.78 is 7.48. The van der Waals surface area contributed by atoms with Gasteiger partial charge in [0.25, 0.3) is 0 Å². The summed E-state index contributed by atoms with van der Waals surface area (Å²) in [6.07, 6.45) is 8.71. The summed E-state index contributed by atoms with van der Waals surface area (Å²) in [6.45, 7) is 5.63. The molecule has 0 unspecified atom stereocenters. The van der Waals surface area contributed by atoms with Gasteiger partial charge in [-0.1, -0.05) is 37.6 Å². The Bertz CT molecular complexity index is 763. The fourth-order valence-corrected chi connectivity index (χ4v) is 3.59. The van der Waals surface area contributed by atoms with Gasteiger partial charge >= 0.3 is 0 Å². The van der Waals surface area contributed by atoms with Crippen molar-refractivity contribution in [2.75, 3.05) is 25.5 Å². The number of rotatable bonds is 10. The van der Waals surface area contributed by atoms with Gasteiger partial charge in [-0.2, -0.15) is 5.10 Å². The maximum atomic E-state index is 12.4. The first-order valence-corrected chi connectivity index (χ1v) is 10.0. The van der Waals surface area contributed by atoms with Gasteiger partial charge in [-0.15, -0.1) is 0 Å². The van der Waals surface area contributed by atoms with Crippen molar-refractivity contribution >= 4 is 11.7 Å². The molecule has 0 atom stereocenters. The van der Waals surface area contributed by atoms with Crippen LogP contribution in [0.3, 0.4) is 0 Å². The number of nitrogens with zero attached hydrogens (tertiary/aromatic N) is 3. The van der Waals surface area contributed by atoms with E-state index in [-0.39, 0.29) is 5.91 Å². The molecule has 0 aliphatic heterocycles. The van der Waals surface area contributed by atoms with Gasteiger partial charge in [0.2, 0.25) is 5.91 Å². The second kappa shape index (κ2) is 10.1. The van der Waals surface area contributed by atoms with Crippen LogP contribution in [-0.2, 0) is 11.3 Å². The molecule has 3 rings (SSSR count). The minimum atomic E-state index is 0.0276. The first-order chi connectivity index (χ1) is 13.7. The van der Waals surface area contributed by atoms with Gasteiger partial charge in [-0.05, 0) is 37.6 Å². The fourth-order valence-electron chi connectivity index (χ4n) is 3.59. The molecule has 2 aromatic rings. The number of ether oxygens (including phenoxy) is 1. The Kier molecular flexibility index (Phi) is 7.25. The molecule has 1 amide bonds. The van der Waals surface area contributed by atoms with E-state index in [9.17, 15) is 4.79 Å². The van der Waals surface area contributed by atoms with Crippen LogP contribution in [0.4, 0.5) is 5.82 Å². The van der Waals surface area contributed by atoms with Crippen molar-refractivity contribution in [2.24, 2.45) is 0 Å². The lowest BCUT2D eigenvalue weighted by molar-refractivity contribution is -0.116. The van der Waals surface area contributed by atoms with E-state index in [1.54, 1.807) is 12.3 Å². The number of carbonyl (C=O) groups is 1. The van der Waals surface area contributed by atoms with Crippen LogP contribution in [0.5, 0.6) is 5.75 Å². The minimum absolute atomic E-state index is 0.0276. The van der Waals surface area contributed by atoms with Crippen LogP contribution in [0.2, 0.25) is 0 Å². The summed E-state index contributed by atoms with van der Waals surface area (Å²) in [5.74, 6) is 1.68. The Labute approximate surface area is 167 Å². The van der Waals surface area contributed by atoms with Gasteiger partial charge < -0.3 is 15.0 Å². The molecule has 28 heavy (non-hydrogen) atoms. The Hall–Kier alpha value is -2.60. The molecule has 1 aliphatic rings. The number of hydrogen-bond acceptors (Lipinski definition) is 4. The van der Waals surface area contributed by atoms with Crippen molar-refractivity contribution in [3.8, 4) is 5.75 Å². The molecule has 0 bridgehead atoms. The second-order valence-corrected chi connectivity index (χ2v) is 7.38. The lowest BCUT2D eigenvalue weighted by atomic mass is 10.2. The molecule has 1 fully saturated rings. The highest BCUT2D eigenvalue weighted by molar-refractivity contribution is 5.89. The van der Waals surface area contributed by atoms with Crippen LogP contribution in [-0.4, -0.2) is 40.8 Å². The smallest absolute Gasteiger partial charge is 0.226 e. The highest BCUT2D eigenvalue weighted by atomic mass is 16.5. The molecular weight excluding hydrogens is 352 g/mol. The lowest BCUT2D eigenvalue weighted by Gasteiger charge is -2.18. The van der Waals surface area contributed by atoms with E-state index in [0.717, 1.165) is 31.0 Å². The zero-order valence-electron chi connectivity index (χ0n) is 16.6. The Morgan fingerprint density at radius 1 is 1.32 bits per heavy atom. The number of nitrogens with one attached hydrogen (secondary N) is 1. The van der Waals surface area contributed by atoms with E-state index in [0.29, 0.717) is 25.6 Å². The lowest BCUT2D eigenvalue weighted by Crippen LogP contribution is -2.25. The minimum Gasteiger partial charge on any atom is -0.490 e. The standard InChI is InChI=1S/C22H30N4O2/c1-3-16-28-20-10-8-18(9-11-20)17-25(2)15-13-22(27)24-21-12-14-23-26(21)19-6-4-5-7-19/h3,8-12,14,19H,1,4-7,13,15-17H2,2H3,(H,24,27). The molecule has 1 heterocycles.